The molecule has 0 saturated heterocycles. The molecule has 1 amide bonds. The molecular weight excluding hydrogens is 351 g/mol. The van der Waals surface area contributed by atoms with E-state index >= 15 is 0 Å². The maximum atomic E-state index is 13.0. The molecule has 0 aliphatic heterocycles. The van der Waals surface area contributed by atoms with Crippen LogP contribution in [0, 0.1) is 13.8 Å². The van der Waals surface area contributed by atoms with Crippen molar-refractivity contribution < 1.29 is 4.79 Å². The SMILES string of the molecule is Bc1cc(C(=O)NCc2c(C)cc(N)[nH]c2=O)c2c(C)cn(C(C)CC)c2c1. The Labute approximate surface area is 165 Å². The lowest BCUT2D eigenvalue weighted by molar-refractivity contribution is 0.0952. The third-order valence-electron chi connectivity index (χ3n) is 5.38. The number of carbonyl (C=O) groups excluding carboxylic acids is 1. The molecule has 0 saturated carbocycles. The highest BCUT2D eigenvalue weighted by molar-refractivity contribution is 6.34. The van der Waals surface area contributed by atoms with Crippen LogP contribution in [0.3, 0.4) is 0 Å². The number of nitrogens with one attached hydrogen (secondary N) is 2. The molecule has 0 radical (unpaired) electrons. The fourth-order valence-corrected chi connectivity index (χ4v) is 3.69. The molecule has 0 bridgehead atoms. The van der Waals surface area contributed by atoms with Gasteiger partial charge < -0.3 is 20.6 Å². The third-order valence-corrected chi connectivity index (χ3v) is 5.38. The minimum absolute atomic E-state index is 0.154. The number of carbonyl (C=O) groups is 1. The van der Waals surface area contributed by atoms with E-state index in [4.69, 9.17) is 5.73 Å². The van der Waals surface area contributed by atoms with Gasteiger partial charge in [0.25, 0.3) is 11.5 Å². The van der Waals surface area contributed by atoms with Crippen LogP contribution < -0.4 is 22.1 Å². The Bertz CT molecular complexity index is 1110. The van der Waals surface area contributed by atoms with Crippen LogP contribution in [0.25, 0.3) is 10.9 Å². The first-order valence-corrected chi connectivity index (χ1v) is 9.61. The molecule has 2 heterocycles. The number of pyridine rings is 1. The Kier molecular flexibility index (Phi) is 5.36. The number of aromatic amines is 1. The number of amides is 1. The number of benzene rings is 1. The molecule has 4 N–H and O–H groups in total. The Morgan fingerprint density at radius 3 is 2.64 bits per heavy atom. The summed E-state index contributed by atoms with van der Waals surface area (Å²) in [7, 11) is 1.99. The number of nitrogen functional groups attached to an aromatic ring is 1. The molecule has 3 rings (SSSR count). The monoisotopic (exact) mass is 378 g/mol. The van der Waals surface area contributed by atoms with E-state index in [2.05, 4.69) is 41.0 Å². The van der Waals surface area contributed by atoms with E-state index < -0.39 is 0 Å². The molecular formula is C21H27BN4O2. The fraction of sp³-hybridized carbons (Fsp3) is 0.333. The average molecular weight is 378 g/mol. The minimum Gasteiger partial charge on any atom is -0.385 e. The molecule has 3 aromatic rings. The maximum absolute atomic E-state index is 13.0. The van der Waals surface area contributed by atoms with E-state index in [0.29, 0.717) is 23.0 Å². The smallest absolute Gasteiger partial charge is 0.254 e. The van der Waals surface area contributed by atoms with Crippen molar-refractivity contribution in [1.29, 1.82) is 0 Å². The van der Waals surface area contributed by atoms with Gasteiger partial charge in [0.1, 0.15) is 13.7 Å². The van der Waals surface area contributed by atoms with Gasteiger partial charge in [-0.3, -0.25) is 9.59 Å². The number of rotatable bonds is 5. The lowest BCUT2D eigenvalue weighted by Gasteiger charge is -2.14. The molecule has 0 spiro atoms. The number of aryl methyl sites for hydroxylation is 2. The van der Waals surface area contributed by atoms with Gasteiger partial charge in [-0.15, -0.1) is 0 Å². The van der Waals surface area contributed by atoms with Gasteiger partial charge in [0, 0.05) is 40.8 Å². The summed E-state index contributed by atoms with van der Waals surface area (Å²) in [5.41, 5.74) is 10.5. The zero-order valence-electron chi connectivity index (χ0n) is 17.1. The fourth-order valence-electron chi connectivity index (χ4n) is 3.69. The Hall–Kier alpha value is -2.96. The second-order valence-corrected chi connectivity index (χ2v) is 7.58. The van der Waals surface area contributed by atoms with Crippen molar-refractivity contribution in [3.05, 3.63) is 57.0 Å². The highest BCUT2D eigenvalue weighted by atomic mass is 16.1. The molecule has 6 nitrogen and oxygen atoms in total. The Morgan fingerprint density at radius 2 is 2.00 bits per heavy atom. The lowest BCUT2D eigenvalue weighted by atomic mass is 9.91. The topological polar surface area (TPSA) is 92.9 Å². The number of anilines is 1. The van der Waals surface area contributed by atoms with E-state index in [9.17, 15) is 9.59 Å². The van der Waals surface area contributed by atoms with Crippen molar-refractivity contribution in [3.63, 3.8) is 0 Å². The summed E-state index contributed by atoms with van der Waals surface area (Å²) in [6.07, 6.45) is 3.13. The third kappa shape index (κ3) is 3.57. The van der Waals surface area contributed by atoms with Gasteiger partial charge in [-0.05, 0) is 50.5 Å². The maximum Gasteiger partial charge on any atom is 0.254 e. The van der Waals surface area contributed by atoms with Crippen LogP contribution in [0.4, 0.5) is 5.82 Å². The number of nitrogens with two attached hydrogens (primary N) is 1. The first kappa shape index (κ1) is 19.8. The molecule has 0 fully saturated rings. The van der Waals surface area contributed by atoms with E-state index in [-0.39, 0.29) is 18.0 Å². The number of hydrogen-bond donors (Lipinski definition) is 3. The number of hydrogen-bond acceptors (Lipinski definition) is 3. The van der Waals surface area contributed by atoms with Crippen molar-refractivity contribution in [2.75, 3.05) is 5.73 Å². The molecule has 0 aliphatic carbocycles. The molecule has 7 heteroatoms. The van der Waals surface area contributed by atoms with Crippen LogP contribution in [-0.4, -0.2) is 23.3 Å². The van der Waals surface area contributed by atoms with E-state index in [1.807, 2.05) is 27.8 Å². The zero-order chi connectivity index (χ0) is 20.6. The Balaban J connectivity index is 1.98. The summed E-state index contributed by atoms with van der Waals surface area (Å²) >= 11 is 0. The van der Waals surface area contributed by atoms with Gasteiger partial charge in [-0.1, -0.05) is 18.5 Å². The van der Waals surface area contributed by atoms with Gasteiger partial charge in [0.05, 0.1) is 0 Å². The van der Waals surface area contributed by atoms with E-state index in [1.165, 1.54) is 0 Å². The van der Waals surface area contributed by atoms with Gasteiger partial charge in [0.15, 0.2) is 0 Å². The standard InChI is InChI=1S/C21H27BN4O2/c1-5-13(4)26-10-12(3)19-15(7-14(22)8-17(19)26)20(27)24-9-16-11(2)6-18(23)25-21(16)28/h6-8,10,13H,5,9,22H2,1-4H3,(H,24,27)(H3,23,25,28). The summed E-state index contributed by atoms with van der Waals surface area (Å²) in [5, 5.41) is 3.87. The summed E-state index contributed by atoms with van der Waals surface area (Å²) < 4.78 is 2.24. The summed E-state index contributed by atoms with van der Waals surface area (Å²) in [4.78, 5) is 27.7. The molecule has 0 aliphatic rings. The molecule has 1 unspecified atom stereocenters. The summed E-state index contributed by atoms with van der Waals surface area (Å²) in [6, 6.07) is 6.08. The highest BCUT2D eigenvalue weighted by Gasteiger charge is 2.18. The number of aromatic nitrogens is 2. The van der Waals surface area contributed by atoms with Crippen LogP contribution in [0.5, 0.6) is 0 Å². The van der Waals surface area contributed by atoms with Gasteiger partial charge in [0.2, 0.25) is 0 Å². The molecule has 28 heavy (non-hydrogen) atoms. The zero-order valence-corrected chi connectivity index (χ0v) is 17.1. The van der Waals surface area contributed by atoms with Crippen LogP contribution in [0.1, 0.15) is 53.4 Å². The predicted molar refractivity (Wildman–Crippen MR) is 117 cm³/mol. The molecule has 146 valence electrons. The van der Waals surface area contributed by atoms with E-state index in [1.54, 1.807) is 6.07 Å². The van der Waals surface area contributed by atoms with Crippen LogP contribution in [0.15, 0.2) is 29.2 Å². The Morgan fingerprint density at radius 1 is 1.29 bits per heavy atom. The van der Waals surface area contributed by atoms with E-state index in [0.717, 1.165) is 33.9 Å². The van der Waals surface area contributed by atoms with Crippen molar-refractivity contribution >= 4 is 35.9 Å². The molecule has 2 aromatic heterocycles. The second-order valence-electron chi connectivity index (χ2n) is 7.58. The molecule has 1 atom stereocenters. The summed E-state index contributed by atoms with van der Waals surface area (Å²) in [5.74, 6) is 0.134. The van der Waals surface area contributed by atoms with Crippen LogP contribution >= 0.6 is 0 Å². The number of H-pyrrole nitrogens is 1. The van der Waals surface area contributed by atoms with Crippen molar-refractivity contribution in [3.8, 4) is 0 Å². The van der Waals surface area contributed by atoms with Gasteiger partial charge in [-0.2, -0.15) is 0 Å². The first-order chi connectivity index (χ1) is 13.2. The van der Waals surface area contributed by atoms with Crippen LogP contribution in [-0.2, 0) is 6.54 Å². The second kappa shape index (κ2) is 7.58. The number of fused-ring (bicyclic) bond motifs is 1. The minimum atomic E-state index is -0.272. The first-order valence-electron chi connectivity index (χ1n) is 9.61. The normalized spacial score (nSPS) is 12.3. The largest absolute Gasteiger partial charge is 0.385 e. The lowest BCUT2D eigenvalue weighted by Crippen LogP contribution is -2.28. The van der Waals surface area contributed by atoms with Crippen molar-refractivity contribution in [2.45, 2.75) is 46.7 Å². The average Bonchev–Trinajstić information content (AvgIpc) is 2.95. The van der Waals surface area contributed by atoms with Crippen molar-refractivity contribution in [1.82, 2.24) is 14.9 Å². The van der Waals surface area contributed by atoms with Crippen molar-refractivity contribution in [2.24, 2.45) is 0 Å². The van der Waals surface area contributed by atoms with Gasteiger partial charge >= 0.3 is 0 Å². The summed E-state index contributed by atoms with van der Waals surface area (Å²) in [6.45, 7) is 8.33. The van der Waals surface area contributed by atoms with Crippen LogP contribution in [0.2, 0.25) is 0 Å². The van der Waals surface area contributed by atoms with Gasteiger partial charge in [-0.25, -0.2) is 0 Å². The molecule has 1 aromatic carbocycles. The predicted octanol–water partition coefficient (Wildman–Crippen LogP) is 1.69. The number of nitrogens with zero attached hydrogens (tertiary/aromatic N) is 1. The quantitative estimate of drug-likeness (QED) is 0.590. The highest BCUT2D eigenvalue weighted by Crippen LogP contribution is 2.28.